The van der Waals surface area contributed by atoms with Crippen LogP contribution < -0.4 is 25.0 Å². The number of amides is 1. The molecule has 150 valence electrons. The van der Waals surface area contributed by atoms with Crippen molar-refractivity contribution in [1.82, 2.24) is 5.43 Å². The minimum absolute atomic E-state index is 0.228. The van der Waals surface area contributed by atoms with E-state index in [2.05, 4.69) is 31.8 Å². The van der Waals surface area contributed by atoms with Crippen LogP contribution in [0.15, 0.2) is 46.0 Å². The first kappa shape index (κ1) is 21.6. The van der Waals surface area contributed by atoms with Crippen molar-refractivity contribution in [2.24, 2.45) is 5.10 Å². The van der Waals surface area contributed by atoms with E-state index in [0.29, 0.717) is 29.2 Å². The van der Waals surface area contributed by atoms with E-state index < -0.39 is 6.04 Å². The second kappa shape index (κ2) is 10.6. The number of nitrogens with zero attached hydrogens (tertiary/aromatic N) is 1. The van der Waals surface area contributed by atoms with Gasteiger partial charge in [0.2, 0.25) is 5.75 Å². The normalized spacial score (nSPS) is 11.8. The fourth-order valence-electron chi connectivity index (χ4n) is 2.52. The third kappa shape index (κ3) is 5.63. The van der Waals surface area contributed by atoms with E-state index in [4.69, 9.17) is 14.2 Å². The van der Waals surface area contributed by atoms with Gasteiger partial charge in [-0.3, -0.25) is 4.79 Å². The van der Waals surface area contributed by atoms with Gasteiger partial charge < -0.3 is 19.5 Å². The molecule has 0 saturated heterocycles. The van der Waals surface area contributed by atoms with Crippen LogP contribution in [-0.4, -0.2) is 39.5 Å². The van der Waals surface area contributed by atoms with Crippen molar-refractivity contribution in [1.29, 1.82) is 0 Å². The SMILES string of the molecule is CCC(Nc1ccc(Br)cc1)C(=O)NN=Cc1cc(OC)c(OC)c(OC)c1. The third-order valence-electron chi connectivity index (χ3n) is 3.99. The van der Waals surface area contributed by atoms with Crippen LogP contribution in [0, 0.1) is 0 Å². The van der Waals surface area contributed by atoms with E-state index in [9.17, 15) is 4.79 Å². The number of hydrogen-bond donors (Lipinski definition) is 2. The monoisotopic (exact) mass is 449 g/mol. The van der Waals surface area contributed by atoms with Crippen LogP contribution >= 0.6 is 15.9 Å². The highest BCUT2D eigenvalue weighted by atomic mass is 79.9. The Labute approximate surface area is 173 Å². The molecular formula is C20H24BrN3O4. The Morgan fingerprint density at radius 2 is 1.71 bits per heavy atom. The number of hydrogen-bond acceptors (Lipinski definition) is 6. The summed E-state index contributed by atoms with van der Waals surface area (Å²) < 4.78 is 16.9. The summed E-state index contributed by atoms with van der Waals surface area (Å²) in [6, 6.07) is 10.7. The smallest absolute Gasteiger partial charge is 0.262 e. The van der Waals surface area contributed by atoms with E-state index in [0.717, 1.165) is 10.2 Å². The molecule has 1 unspecified atom stereocenters. The van der Waals surface area contributed by atoms with Gasteiger partial charge in [-0.1, -0.05) is 22.9 Å². The van der Waals surface area contributed by atoms with Crippen LogP contribution in [0.5, 0.6) is 17.2 Å². The van der Waals surface area contributed by atoms with Crippen LogP contribution in [0.2, 0.25) is 0 Å². The second-order valence-corrected chi connectivity index (χ2v) is 6.72. The lowest BCUT2D eigenvalue weighted by Gasteiger charge is -2.16. The molecule has 0 bridgehead atoms. The number of carbonyl (C=O) groups is 1. The van der Waals surface area contributed by atoms with Gasteiger partial charge in [-0.15, -0.1) is 0 Å². The number of rotatable bonds is 9. The molecule has 0 radical (unpaired) electrons. The van der Waals surface area contributed by atoms with Gasteiger partial charge in [0, 0.05) is 15.7 Å². The average molecular weight is 450 g/mol. The molecular weight excluding hydrogens is 426 g/mol. The lowest BCUT2D eigenvalue weighted by Crippen LogP contribution is -2.36. The van der Waals surface area contributed by atoms with Crippen LogP contribution in [0.25, 0.3) is 0 Å². The number of carbonyl (C=O) groups excluding carboxylic acids is 1. The van der Waals surface area contributed by atoms with E-state index >= 15 is 0 Å². The summed E-state index contributed by atoms with van der Waals surface area (Å²) in [5.74, 6) is 1.29. The second-order valence-electron chi connectivity index (χ2n) is 5.80. The molecule has 0 aromatic heterocycles. The van der Waals surface area contributed by atoms with Crippen LogP contribution in [0.3, 0.4) is 0 Å². The van der Waals surface area contributed by atoms with Crippen LogP contribution in [0.1, 0.15) is 18.9 Å². The molecule has 8 heteroatoms. The topological polar surface area (TPSA) is 81.2 Å². The van der Waals surface area contributed by atoms with Crippen molar-refractivity contribution >= 4 is 33.7 Å². The summed E-state index contributed by atoms with van der Waals surface area (Å²) in [7, 11) is 4.62. The lowest BCUT2D eigenvalue weighted by molar-refractivity contribution is -0.121. The molecule has 0 fully saturated rings. The van der Waals surface area contributed by atoms with E-state index in [1.807, 2.05) is 31.2 Å². The van der Waals surface area contributed by atoms with Crippen molar-refractivity contribution in [2.75, 3.05) is 26.6 Å². The maximum absolute atomic E-state index is 12.4. The number of benzene rings is 2. The predicted octanol–water partition coefficient (Wildman–Crippen LogP) is 3.82. The summed E-state index contributed by atoms with van der Waals surface area (Å²) in [5, 5.41) is 7.24. The van der Waals surface area contributed by atoms with Gasteiger partial charge in [-0.2, -0.15) is 5.10 Å². The van der Waals surface area contributed by atoms with Crippen molar-refractivity contribution in [2.45, 2.75) is 19.4 Å². The largest absolute Gasteiger partial charge is 0.493 e. The Hall–Kier alpha value is -2.74. The Morgan fingerprint density at radius 1 is 1.11 bits per heavy atom. The van der Waals surface area contributed by atoms with Crippen molar-refractivity contribution in [3.05, 3.63) is 46.4 Å². The average Bonchev–Trinajstić information content (AvgIpc) is 2.72. The minimum Gasteiger partial charge on any atom is -0.493 e. The molecule has 0 saturated carbocycles. The molecule has 7 nitrogen and oxygen atoms in total. The van der Waals surface area contributed by atoms with Gasteiger partial charge in [0.15, 0.2) is 11.5 Å². The van der Waals surface area contributed by atoms with Gasteiger partial charge in [-0.25, -0.2) is 5.43 Å². The minimum atomic E-state index is -0.404. The maximum Gasteiger partial charge on any atom is 0.262 e. The Balaban J connectivity index is 2.06. The molecule has 0 heterocycles. The van der Waals surface area contributed by atoms with Crippen molar-refractivity contribution < 1.29 is 19.0 Å². The lowest BCUT2D eigenvalue weighted by atomic mass is 10.2. The number of anilines is 1. The summed E-state index contributed by atoms with van der Waals surface area (Å²) in [5.41, 5.74) is 4.12. The highest BCUT2D eigenvalue weighted by Gasteiger charge is 2.16. The predicted molar refractivity (Wildman–Crippen MR) is 114 cm³/mol. The summed E-state index contributed by atoms with van der Waals surface area (Å²) >= 11 is 3.39. The Bertz CT molecular complexity index is 800. The summed E-state index contributed by atoms with van der Waals surface area (Å²) in [6.45, 7) is 1.93. The molecule has 0 spiro atoms. The molecule has 0 aliphatic rings. The van der Waals surface area contributed by atoms with Gasteiger partial charge in [0.25, 0.3) is 5.91 Å². The summed E-state index contributed by atoms with van der Waals surface area (Å²) in [4.78, 5) is 12.4. The highest BCUT2D eigenvalue weighted by molar-refractivity contribution is 9.10. The first-order valence-electron chi connectivity index (χ1n) is 8.67. The van der Waals surface area contributed by atoms with Crippen LogP contribution in [0.4, 0.5) is 5.69 Å². The van der Waals surface area contributed by atoms with Gasteiger partial charge in [0.1, 0.15) is 6.04 Å². The van der Waals surface area contributed by atoms with Crippen molar-refractivity contribution in [3.8, 4) is 17.2 Å². The molecule has 2 aromatic carbocycles. The van der Waals surface area contributed by atoms with Gasteiger partial charge in [0.05, 0.1) is 27.5 Å². The molecule has 0 aliphatic heterocycles. The van der Waals surface area contributed by atoms with Crippen LogP contribution in [-0.2, 0) is 4.79 Å². The Kier molecular flexibility index (Phi) is 8.13. The molecule has 2 aromatic rings. The van der Waals surface area contributed by atoms with E-state index in [1.165, 1.54) is 13.3 Å². The standard InChI is InChI=1S/C20H24BrN3O4/c1-5-16(23-15-8-6-14(21)7-9-15)20(25)24-22-12-13-10-17(26-2)19(28-4)18(11-13)27-3/h6-12,16,23H,5H2,1-4H3,(H,24,25). The number of ether oxygens (including phenoxy) is 3. The first-order valence-corrected chi connectivity index (χ1v) is 9.46. The maximum atomic E-state index is 12.4. The van der Waals surface area contributed by atoms with Gasteiger partial charge >= 0.3 is 0 Å². The number of nitrogens with one attached hydrogen (secondary N) is 2. The zero-order valence-corrected chi connectivity index (χ0v) is 17.9. The fourth-order valence-corrected chi connectivity index (χ4v) is 2.79. The Morgan fingerprint density at radius 3 is 2.21 bits per heavy atom. The highest BCUT2D eigenvalue weighted by Crippen LogP contribution is 2.37. The van der Waals surface area contributed by atoms with E-state index in [1.54, 1.807) is 26.4 Å². The number of halogens is 1. The molecule has 1 atom stereocenters. The molecule has 1 amide bonds. The first-order chi connectivity index (χ1) is 13.5. The van der Waals surface area contributed by atoms with Gasteiger partial charge in [-0.05, 0) is 42.8 Å². The zero-order valence-electron chi connectivity index (χ0n) is 16.3. The zero-order chi connectivity index (χ0) is 20.5. The molecule has 0 aliphatic carbocycles. The summed E-state index contributed by atoms with van der Waals surface area (Å²) in [6.07, 6.45) is 2.14. The number of methoxy groups -OCH3 is 3. The molecule has 2 rings (SSSR count). The van der Waals surface area contributed by atoms with Crippen molar-refractivity contribution in [3.63, 3.8) is 0 Å². The quantitative estimate of drug-likeness (QED) is 0.449. The number of hydrazone groups is 1. The molecule has 2 N–H and O–H groups in total. The fraction of sp³-hybridized carbons (Fsp3) is 0.300. The van der Waals surface area contributed by atoms with E-state index in [-0.39, 0.29) is 5.91 Å². The third-order valence-corrected chi connectivity index (χ3v) is 4.51. The molecule has 28 heavy (non-hydrogen) atoms.